The van der Waals surface area contributed by atoms with Gasteiger partial charge in [-0.25, -0.2) is 0 Å². The molecule has 0 aliphatic carbocycles. The fourth-order valence-corrected chi connectivity index (χ4v) is 4.30. The molecule has 0 bridgehead atoms. The highest BCUT2D eigenvalue weighted by molar-refractivity contribution is 6.03. The van der Waals surface area contributed by atoms with Crippen LogP contribution in [0.3, 0.4) is 0 Å². The Labute approximate surface area is 189 Å². The van der Waals surface area contributed by atoms with E-state index in [1.165, 1.54) is 12.8 Å². The molecule has 1 aromatic carbocycles. The minimum atomic E-state index is -0.415. The second-order valence-corrected chi connectivity index (χ2v) is 8.50. The fraction of sp³-hybridized carbons (Fsp3) is 0.560. The van der Waals surface area contributed by atoms with Crippen LogP contribution < -0.4 is 10.6 Å². The van der Waals surface area contributed by atoms with E-state index in [0.29, 0.717) is 30.5 Å². The van der Waals surface area contributed by atoms with Gasteiger partial charge in [0.25, 0.3) is 0 Å². The monoisotopic (exact) mass is 441 g/mol. The average molecular weight is 442 g/mol. The first-order valence-corrected chi connectivity index (χ1v) is 11.9. The number of imide groups is 1. The maximum Gasteiger partial charge on any atom is 0.234 e. The van der Waals surface area contributed by atoms with Crippen LogP contribution in [0.4, 0.5) is 5.69 Å². The van der Waals surface area contributed by atoms with Crippen molar-refractivity contribution >= 4 is 34.4 Å². The van der Waals surface area contributed by atoms with Crippen LogP contribution in [0.1, 0.15) is 76.7 Å². The predicted octanol–water partition coefficient (Wildman–Crippen LogP) is 4.57. The van der Waals surface area contributed by atoms with Crippen LogP contribution in [0, 0.1) is 0 Å². The molecule has 1 unspecified atom stereocenters. The van der Waals surface area contributed by atoms with E-state index >= 15 is 0 Å². The molecule has 1 saturated heterocycles. The Morgan fingerprint density at radius 1 is 1.12 bits per heavy atom. The van der Waals surface area contributed by atoms with E-state index < -0.39 is 5.92 Å². The van der Waals surface area contributed by atoms with E-state index in [-0.39, 0.29) is 17.7 Å². The summed E-state index contributed by atoms with van der Waals surface area (Å²) >= 11 is 0. The summed E-state index contributed by atoms with van der Waals surface area (Å²) in [6.07, 6.45) is 8.38. The molecule has 174 valence electrons. The number of carbonyl (C=O) groups excluding carboxylic acids is 3. The van der Waals surface area contributed by atoms with Crippen molar-refractivity contribution in [2.24, 2.45) is 0 Å². The number of hydrogen-bond acceptors (Lipinski definition) is 5. The summed E-state index contributed by atoms with van der Waals surface area (Å²) in [5.74, 6) is -0.952. The lowest BCUT2D eigenvalue weighted by molar-refractivity contribution is -0.134. The summed E-state index contributed by atoms with van der Waals surface area (Å²) in [6, 6.07) is 5.46. The number of nitrogens with one attached hydrogen (secondary N) is 2. The van der Waals surface area contributed by atoms with E-state index in [9.17, 15) is 14.4 Å². The topological polar surface area (TPSA) is 91.7 Å². The zero-order valence-corrected chi connectivity index (χ0v) is 19.2. The Bertz CT molecular complexity index is 932. The molecule has 3 rings (SSSR count). The number of nitrogens with zero attached hydrogens (tertiary/aromatic N) is 1. The maximum absolute atomic E-state index is 12.4. The smallest absolute Gasteiger partial charge is 0.234 e. The third-order valence-electron chi connectivity index (χ3n) is 6.27. The van der Waals surface area contributed by atoms with E-state index in [1.54, 1.807) is 12.3 Å². The van der Waals surface area contributed by atoms with Crippen molar-refractivity contribution in [3.05, 3.63) is 30.0 Å². The molecule has 2 aromatic rings. The number of piperidine rings is 1. The van der Waals surface area contributed by atoms with Crippen LogP contribution in [0.2, 0.25) is 0 Å². The minimum Gasteiger partial charge on any atom is -0.464 e. The number of benzene rings is 1. The third-order valence-corrected chi connectivity index (χ3v) is 6.27. The van der Waals surface area contributed by atoms with Gasteiger partial charge in [-0.05, 0) is 57.1 Å². The van der Waals surface area contributed by atoms with Gasteiger partial charge in [0, 0.05) is 29.5 Å². The van der Waals surface area contributed by atoms with Gasteiger partial charge >= 0.3 is 0 Å². The van der Waals surface area contributed by atoms with E-state index in [2.05, 4.69) is 29.4 Å². The lowest BCUT2D eigenvalue weighted by Crippen LogP contribution is -2.39. The van der Waals surface area contributed by atoms with Crippen molar-refractivity contribution in [1.29, 1.82) is 0 Å². The number of amides is 3. The summed E-state index contributed by atoms with van der Waals surface area (Å²) in [5, 5.41) is 6.15. The van der Waals surface area contributed by atoms with Gasteiger partial charge in [0.05, 0.1) is 12.2 Å². The fourth-order valence-electron chi connectivity index (χ4n) is 4.30. The summed E-state index contributed by atoms with van der Waals surface area (Å²) < 4.78 is 5.60. The van der Waals surface area contributed by atoms with Crippen molar-refractivity contribution < 1.29 is 18.8 Å². The van der Waals surface area contributed by atoms with Gasteiger partial charge in [0.2, 0.25) is 17.7 Å². The molecule has 0 spiro atoms. The molecular formula is C25H35N3O4. The summed E-state index contributed by atoms with van der Waals surface area (Å²) in [6.45, 7) is 7.77. The molecule has 3 amide bonds. The van der Waals surface area contributed by atoms with E-state index in [4.69, 9.17) is 4.42 Å². The second-order valence-electron chi connectivity index (χ2n) is 8.50. The van der Waals surface area contributed by atoms with E-state index in [0.717, 1.165) is 49.8 Å². The van der Waals surface area contributed by atoms with Crippen molar-refractivity contribution in [2.45, 2.75) is 71.1 Å². The molecule has 1 aliphatic rings. The molecule has 2 N–H and O–H groups in total. The zero-order chi connectivity index (χ0) is 22.9. The molecule has 1 atom stereocenters. The Morgan fingerprint density at radius 3 is 2.62 bits per heavy atom. The second kappa shape index (κ2) is 11.8. The summed E-state index contributed by atoms with van der Waals surface area (Å²) in [7, 11) is 0. The van der Waals surface area contributed by atoms with Crippen LogP contribution in [0.5, 0.6) is 0 Å². The van der Waals surface area contributed by atoms with Gasteiger partial charge in [-0.2, -0.15) is 0 Å². The van der Waals surface area contributed by atoms with Crippen LogP contribution in [-0.2, 0) is 14.4 Å². The largest absolute Gasteiger partial charge is 0.464 e. The minimum absolute atomic E-state index is 0.00135. The molecule has 0 saturated carbocycles. The molecule has 1 fully saturated rings. The van der Waals surface area contributed by atoms with Gasteiger partial charge in [-0.1, -0.05) is 33.1 Å². The van der Waals surface area contributed by atoms with Crippen molar-refractivity contribution in [1.82, 2.24) is 10.2 Å². The Morgan fingerprint density at radius 2 is 1.88 bits per heavy atom. The molecule has 1 aliphatic heterocycles. The standard InChI is InChI=1S/C25H35N3O4/c1-3-28(4-2)15-9-7-5-6-8-10-23(29)26-18-11-13-22-20(16-18)21(17-32-22)19-12-14-24(30)27-25(19)31/h11,13,16-17,19H,3-10,12,14-15H2,1-2H3,(H,26,29)(H,27,30,31). The number of unbranched alkanes of at least 4 members (excludes halogenated alkanes) is 4. The lowest BCUT2D eigenvalue weighted by Gasteiger charge is -2.20. The molecular weight excluding hydrogens is 406 g/mol. The third kappa shape index (κ3) is 6.42. The first-order valence-electron chi connectivity index (χ1n) is 11.9. The number of hydrogen-bond donors (Lipinski definition) is 2. The Balaban J connectivity index is 1.46. The molecule has 0 radical (unpaired) electrons. The van der Waals surface area contributed by atoms with Gasteiger partial charge < -0.3 is 14.6 Å². The quantitative estimate of drug-likeness (QED) is 0.372. The summed E-state index contributed by atoms with van der Waals surface area (Å²) in [4.78, 5) is 38.5. The Kier molecular flexibility index (Phi) is 8.85. The lowest BCUT2D eigenvalue weighted by atomic mass is 9.90. The van der Waals surface area contributed by atoms with Crippen LogP contribution >= 0.6 is 0 Å². The first kappa shape index (κ1) is 24.0. The molecule has 2 heterocycles. The van der Waals surface area contributed by atoms with Crippen LogP contribution in [0.15, 0.2) is 28.9 Å². The van der Waals surface area contributed by atoms with Gasteiger partial charge in [-0.3, -0.25) is 19.7 Å². The van der Waals surface area contributed by atoms with Crippen LogP contribution in [-0.4, -0.2) is 42.3 Å². The Hall–Kier alpha value is -2.67. The average Bonchev–Trinajstić information content (AvgIpc) is 3.19. The van der Waals surface area contributed by atoms with Gasteiger partial charge in [-0.15, -0.1) is 0 Å². The van der Waals surface area contributed by atoms with Gasteiger partial charge in [0.1, 0.15) is 5.58 Å². The highest BCUT2D eigenvalue weighted by Gasteiger charge is 2.30. The number of fused-ring (bicyclic) bond motifs is 1. The summed E-state index contributed by atoms with van der Waals surface area (Å²) in [5.41, 5.74) is 2.11. The predicted molar refractivity (Wildman–Crippen MR) is 125 cm³/mol. The maximum atomic E-state index is 12.4. The van der Waals surface area contributed by atoms with Crippen LogP contribution in [0.25, 0.3) is 11.0 Å². The van der Waals surface area contributed by atoms with E-state index in [1.807, 2.05) is 12.1 Å². The van der Waals surface area contributed by atoms with Crippen molar-refractivity contribution in [3.8, 4) is 0 Å². The first-order chi connectivity index (χ1) is 15.5. The zero-order valence-electron chi connectivity index (χ0n) is 19.2. The van der Waals surface area contributed by atoms with Crippen molar-refractivity contribution in [2.75, 3.05) is 25.0 Å². The SMILES string of the molecule is CCN(CC)CCCCCCCC(=O)Nc1ccc2occ(C3CCC(=O)NC3=O)c2c1. The highest BCUT2D eigenvalue weighted by atomic mass is 16.3. The molecule has 7 heteroatoms. The number of furan rings is 1. The van der Waals surface area contributed by atoms with Crippen molar-refractivity contribution in [3.63, 3.8) is 0 Å². The molecule has 1 aromatic heterocycles. The highest BCUT2D eigenvalue weighted by Crippen LogP contribution is 2.33. The molecule has 32 heavy (non-hydrogen) atoms. The molecule has 7 nitrogen and oxygen atoms in total. The number of rotatable bonds is 12. The normalized spacial score (nSPS) is 16.5. The number of anilines is 1. The van der Waals surface area contributed by atoms with Gasteiger partial charge in [0.15, 0.2) is 0 Å². The number of carbonyl (C=O) groups is 3.